The second-order valence-corrected chi connectivity index (χ2v) is 5.18. The first-order valence-electron chi connectivity index (χ1n) is 5.77. The summed E-state index contributed by atoms with van der Waals surface area (Å²) in [6.45, 7) is 8.35. The van der Waals surface area contributed by atoms with E-state index in [2.05, 4.69) is 35.3 Å². The molecular formula is C13H20N2O. The normalized spacial score (nSPS) is 15.6. The predicted molar refractivity (Wildman–Crippen MR) is 68.2 cm³/mol. The Labute approximate surface area is 97.1 Å². The molecule has 88 valence electrons. The molecule has 0 unspecified atom stereocenters. The van der Waals surface area contributed by atoms with Crippen LogP contribution in [0.25, 0.3) is 0 Å². The zero-order valence-electron chi connectivity index (χ0n) is 10.2. The Morgan fingerprint density at radius 3 is 2.88 bits per heavy atom. The molecule has 0 aromatic heterocycles. The first-order chi connectivity index (χ1) is 7.46. The molecular weight excluding hydrogens is 200 g/mol. The Kier molecular flexibility index (Phi) is 2.80. The van der Waals surface area contributed by atoms with Gasteiger partial charge >= 0.3 is 0 Å². The van der Waals surface area contributed by atoms with Crippen molar-refractivity contribution < 1.29 is 5.11 Å². The van der Waals surface area contributed by atoms with Gasteiger partial charge in [0.05, 0.1) is 17.0 Å². The van der Waals surface area contributed by atoms with E-state index >= 15 is 0 Å². The Hall–Kier alpha value is -1.22. The molecule has 0 spiro atoms. The van der Waals surface area contributed by atoms with Gasteiger partial charge in [0.15, 0.2) is 0 Å². The highest BCUT2D eigenvalue weighted by Gasteiger charge is 2.22. The number of hydrogen-bond acceptors (Lipinski definition) is 3. The molecule has 0 fully saturated rings. The van der Waals surface area contributed by atoms with Crippen molar-refractivity contribution in [2.24, 2.45) is 0 Å². The number of aliphatic hydroxyl groups is 1. The lowest BCUT2D eigenvalue weighted by molar-refractivity contribution is 0.0874. The fraction of sp³-hybridized carbons (Fsp3) is 0.538. The van der Waals surface area contributed by atoms with Crippen LogP contribution >= 0.6 is 0 Å². The fourth-order valence-electron chi connectivity index (χ4n) is 2.14. The molecule has 1 aromatic rings. The molecule has 0 amide bonds. The highest BCUT2D eigenvalue weighted by atomic mass is 16.3. The zero-order chi connectivity index (χ0) is 11.8. The van der Waals surface area contributed by atoms with E-state index in [9.17, 15) is 5.11 Å². The van der Waals surface area contributed by atoms with Crippen LogP contribution in [0.2, 0.25) is 0 Å². The molecule has 1 aliphatic rings. The van der Waals surface area contributed by atoms with Crippen molar-refractivity contribution in [3.63, 3.8) is 0 Å². The first-order valence-corrected chi connectivity index (χ1v) is 5.77. The zero-order valence-corrected chi connectivity index (χ0v) is 10.2. The predicted octanol–water partition coefficient (Wildman–Crippen LogP) is 2.00. The number of β-amino-alcohol motifs (C(OH)–C–C–N with tert-alkyl or cyclic N) is 1. The molecule has 0 radical (unpaired) electrons. The number of nitrogens with zero attached hydrogens (tertiary/aromatic N) is 1. The van der Waals surface area contributed by atoms with E-state index < -0.39 is 5.60 Å². The van der Waals surface area contributed by atoms with E-state index in [1.165, 1.54) is 16.9 Å². The van der Waals surface area contributed by atoms with E-state index in [0.29, 0.717) is 6.54 Å². The van der Waals surface area contributed by atoms with Gasteiger partial charge in [-0.2, -0.15) is 0 Å². The molecule has 0 aliphatic carbocycles. The molecule has 2 rings (SSSR count). The smallest absolute Gasteiger partial charge is 0.0765 e. The lowest BCUT2D eigenvalue weighted by Gasteiger charge is -2.36. The molecule has 1 aliphatic heterocycles. The quantitative estimate of drug-likeness (QED) is 0.800. The fourth-order valence-corrected chi connectivity index (χ4v) is 2.14. The maximum atomic E-state index is 9.89. The van der Waals surface area contributed by atoms with Crippen LogP contribution in [0.3, 0.4) is 0 Å². The number of hydrogen-bond donors (Lipinski definition) is 2. The molecule has 0 saturated carbocycles. The summed E-state index contributed by atoms with van der Waals surface area (Å²) in [7, 11) is 0. The molecule has 0 bridgehead atoms. The number of nitrogens with one attached hydrogen (secondary N) is 1. The molecule has 16 heavy (non-hydrogen) atoms. The second kappa shape index (κ2) is 3.98. The summed E-state index contributed by atoms with van der Waals surface area (Å²) < 4.78 is 0. The lowest BCUT2D eigenvalue weighted by Crippen LogP contribution is -2.43. The lowest BCUT2D eigenvalue weighted by atomic mass is 10.1. The van der Waals surface area contributed by atoms with E-state index in [4.69, 9.17) is 0 Å². The average molecular weight is 220 g/mol. The van der Waals surface area contributed by atoms with Crippen LogP contribution in [0.1, 0.15) is 19.4 Å². The van der Waals surface area contributed by atoms with Crippen LogP contribution in [-0.2, 0) is 0 Å². The Bertz CT molecular complexity index is 382. The van der Waals surface area contributed by atoms with E-state index in [0.717, 1.165) is 13.1 Å². The highest BCUT2D eigenvalue weighted by Crippen LogP contribution is 2.30. The summed E-state index contributed by atoms with van der Waals surface area (Å²) in [6.07, 6.45) is 0. The topological polar surface area (TPSA) is 35.5 Å². The third-order valence-electron chi connectivity index (χ3n) is 2.77. The summed E-state index contributed by atoms with van der Waals surface area (Å²) in [5.74, 6) is 0. The molecule has 0 atom stereocenters. The van der Waals surface area contributed by atoms with Crippen molar-refractivity contribution in [1.82, 2.24) is 0 Å². The van der Waals surface area contributed by atoms with Crippen LogP contribution in [0, 0.1) is 6.92 Å². The summed E-state index contributed by atoms with van der Waals surface area (Å²) in [6, 6.07) is 6.40. The maximum absolute atomic E-state index is 9.89. The van der Waals surface area contributed by atoms with Crippen molar-refractivity contribution in [1.29, 1.82) is 0 Å². The SMILES string of the molecule is Cc1ccc2c(c1)NCCN2CC(C)(C)O. The van der Waals surface area contributed by atoms with Gasteiger partial charge in [-0.3, -0.25) is 0 Å². The van der Waals surface area contributed by atoms with Gasteiger partial charge < -0.3 is 15.3 Å². The minimum absolute atomic E-state index is 0.653. The molecule has 1 aromatic carbocycles. The van der Waals surface area contributed by atoms with Crippen LogP contribution in [0.4, 0.5) is 11.4 Å². The third kappa shape index (κ3) is 2.47. The van der Waals surface area contributed by atoms with Gasteiger partial charge in [0.25, 0.3) is 0 Å². The van der Waals surface area contributed by atoms with Crippen LogP contribution < -0.4 is 10.2 Å². The molecule has 3 nitrogen and oxygen atoms in total. The van der Waals surface area contributed by atoms with Crippen molar-refractivity contribution in [3.8, 4) is 0 Å². The number of rotatable bonds is 2. The van der Waals surface area contributed by atoms with Crippen molar-refractivity contribution >= 4 is 11.4 Å². The van der Waals surface area contributed by atoms with Gasteiger partial charge in [-0.15, -0.1) is 0 Å². The molecule has 2 N–H and O–H groups in total. The summed E-state index contributed by atoms with van der Waals surface area (Å²) in [4.78, 5) is 2.24. The Morgan fingerprint density at radius 1 is 1.44 bits per heavy atom. The van der Waals surface area contributed by atoms with E-state index in [1.807, 2.05) is 13.8 Å². The number of fused-ring (bicyclic) bond motifs is 1. The van der Waals surface area contributed by atoms with Gasteiger partial charge in [0, 0.05) is 19.6 Å². The van der Waals surface area contributed by atoms with Gasteiger partial charge in [-0.1, -0.05) is 6.07 Å². The minimum atomic E-state index is -0.653. The van der Waals surface area contributed by atoms with E-state index in [1.54, 1.807) is 0 Å². The molecule has 0 saturated heterocycles. The monoisotopic (exact) mass is 220 g/mol. The largest absolute Gasteiger partial charge is 0.389 e. The third-order valence-corrected chi connectivity index (χ3v) is 2.77. The highest BCUT2D eigenvalue weighted by molar-refractivity contribution is 5.73. The summed E-state index contributed by atoms with van der Waals surface area (Å²) in [5.41, 5.74) is 2.98. The maximum Gasteiger partial charge on any atom is 0.0765 e. The van der Waals surface area contributed by atoms with Crippen LogP contribution in [-0.4, -0.2) is 30.3 Å². The molecule has 1 heterocycles. The number of benzene rings is 1. The molecule has 3 heteroatoms. The van der Waals surface area contributed by atoms with Gasteiger partial charge in [0.2, 0.25) is 0 Å². The summed E-state index contributed by atoms with van der Waals surface area (Å²) >= 11 is 0. The second-order valence-electron chi connectivity index (χ2n) is 5.18. The first kappa shape index (κ1) is 11.3. The van der Waals surface area contributed by atoms with Crippen LogP contribution in [0.5, 0.6) is 0 Å². The Balaban J connectivity index is 2.26. The minimum Gasteiger partial charge on any atom is -0.389 e. The van der Waals surface area contributed by atoms with Crippen molar-refractivity contribution in [2.75, 3.05) is 29.9 Å². The number of anilines is 2. The van der Waals surface area contributed by atoms with Gasteiger partial charge in [-0.05, 0) is 38.5 Å². The number of aryl methyl sites for hydroxylation is 1. The van der Waals surface area contributed by atoms with Crippen molar-refractivity contribution in [2.45, 2.75) is 26.4 Å². The Morgan fingerprint density at radius 2 is 2.19 bits per heavy atom. The standard InChI is InChI=1S/C13H20N2O/c1-10-4-5-12-11(8-10)14-6-7-15(12)9-13(2,3)16/h4-5,8,14,16H,6-7,9H2,1-3H3. The van der Waals surface area contributed by atoms with Gasteiger partial charge in [0.1, 0.15) is 0 Å². The van der Waals surface area contributed by atoms with Crippen LogP contribution in [0.15, 0.2) is 18.2 Å². The van der Waals surface area contributed by atoms with Crippen molar-refractivity contribution in [3.05, 3.63) is 23.8 Å². The van der Waals surface area contributed by atoms with Gasteiger partial charge in [-0.25, -0.2) is 0 Å². The summed E-state index contributed by atoms with van der Waals surface area (Å²) in [5, 5.41) is 13.3. The average Bonchev–Trinajstić information content (AvgIpc) is 2.15. The van der Waals surface area contributed by atoms with E-state index in [-0.39, 0.29) is 0 Å².